The van der Waals surface area contributed by atoms with Crippen molar-refractivity contribution in [3.05, 3.63) is 42.0 Å². The van der Waals surface area contributed by atoms with Crippen molar-refractivity contribution in [3.8, 4) is 5.75 Å². The first-order valence-electron chi connectivity index (χ1n) is 6.41. The first-order valence-corrected chi connectivity index (χ1v) is 6.41. The van der Waals surface area contributed by atoms with E-state index in [1.54, 1.807) is 36.4 Å². The van der Waals surface area contributed by atoms with Gasteiger partial charge in [-0.2, -0.15) is 0 Å². The fourth-order valence-electron chi connectivity index (χ4n) is 2.39. The van der Waals surface area contributed by atoms with Crippen molar-refractivity contribution in [2.75, 3.05) is 19.4 Å². The van der Waals surface area contributed by atoms with Crippen LogP contribution in [0.3, 0.4) is 0 Å². The molecule has 0 saturated carbocycles. The van der Waals surface area contributed by atoms with Gasteiger partial charge in [-0.3, -0.25) is 4.79 Å². The van der Waals surface area contributed by atoms with Gasteiger partial charge in [-0.15, -0.1) is 0 Å². The Labute approximate surface area is 116 Å². The second-order valence-corrected chi connectivity index (χ2v) is 4.76. The minimum absolute atomic E-state index is 0.0511. The number of aromatic nitrogens is 2. The van der Waals surface area contributed by atoms with Crippen LogP contribution in [0.15, 0.2) is 30.6 Å². The van der Waals surface area contributed by atoms with E-state index >= 15 is 0 Å². The molecule has 0 fully saturated rings. The van der Waals surface area contributed by atoms with Gasteiger partial charge in [-0.25, -0.2) is 4.98 Å². The van der Waals surface area contributed by atoms with E-state index in [2.05, 4.69) is 9.55 Å². The highest BCUT2D eigenvalue weighted by atomic mass is 16.5. The molecule has 6 nitrogen and oxygen atoms in total. The average Bonchev–Trinajstić information content (AvgIpc) is 2.93. The molecule has 1 aliphatic heterocycles. The molecule has 0 unspecified atom stereocenters. The van der Waals surface area contributed by atoms with Gasteiger partial charge >= 0.3 is 0 Å². The number of hydrogen-bond acceptors (Lipinski definition) is 4. The summed E-state index contributed by atoms with van der Waals surface area (Å²) in [5, 5.41) is 0. The fraction of sp³-hybridized carbons (Fsp3) is 0.286. The largest absolute Gasteiger partial charge is 0.497 e. The molecule has 1 aromatic carbocycles. The number of carbonyl (C=O) groups is 1. The predicted molar refractivity (Wildman–Crippen MR) is 74.4 cm³/mol. The van der Waals surface area contributed by atoms with Crippen LogP contribution in [0, 0.1) is 0 Å². The Balaban J connectivity index is 1.85. The lowest BCUT2D eigenvalue weighted by Crippen LogP contribution is -2.38. The van der Waals surface area contributed by atoms with Crippen LogP contribution >= 0.6 is 0 Å². The summed E-state index contributed by atoms with van der Waals surface area (Å²) in [5.74, 6) is 1.44. The van der Waals surface area contributed by atoms with E-state index in [4.69, 9.17) is 10.5 Å². The first-order chi connectivity index (χ1) is 9.67. The highest BCUT2D eigenvalue weighted by molar-refractivity contribution is 5.95. The van der Waals surface area contributed by atoms with Gasteiger partial charge in [-0.1, -0.05) is 0 Å². The second kappa shape index (κ2) is 4.88. The van der Waals surface area contributed by atoms with Crippen molar-refractivity contribution in [3.63, 3.8) is 0 Å². The normalized spacial score (nSPS) is 13.9. The first kappa shape index (κ1) is 12.5. The number of fused-ring (bicyclic) bond motifs is 1. The highest BCUT2D eigenvalue weighted by Crippen LogP contribution is 2.21. The number of nitrogens with two attached hydrogens (primary N) is 1. The van der Waals surface area contributed by atoms with Gasteiger partial charge in [0.05, 0.1) is 13.7 Å². The van der Waals surface area contributed by atoms with Gasteiger partial charge in [-0.05, 0) is 12.1 Å². The van der Waals surface area contributed by atoms with Crippen LogP contribution in [-0.2, 0) is 13.1 Å². The second-order valence-electron chi connectivity index (χ2n) is 4.76. The smallest absolute Gasteiger partial charge is 0.254 e. The summed E-state index contributed by atoms with van der Waals surface area (Å²) in [5.41, 5.74) is 6.86. The van der Waals surface area contributed by atoms with Gasteiger partial charge < -0.3 is 19.9 Å². The summed E-state index contributed by atoms with van der Waals surface area (Å²) >= 11 is 0. The molecular formula is C14H16N4O2. The number of benzene rings is 1. The van der Waals surface area contributed by atoms with E-state index in [1.165, 1.54) is 0 Å². The monoisotopic (exact) mass is 272 g/mol. The number of nitrogen functional groups attached to an aromatic ring is 1. The maximum Gasteiger partial charge on any atom is 0.254 e. The van der Waals surface area contributed by atoms with Crippen molar-refractivity contribution in [2.24, 2.45) is 0 Å². The van der Waals surface area contributed by atoms with Gasteiger partial charge in [0.1, 0.15) is 11.6 Å². The molecule has 1 aliphatic rings. The number of methoxy groups -OCH3 is 1. The molecule has 104 valence electrons. The third-order valence-electron chi connectivity index (χ3n) is 3.44. The van der Waals surface area contributed by atoms with E-state index in [0.717, 1.165) is 12.4 Å². The maximum absolute atomic E-state index is 12.5. The molecule has 0 saturated heterocycles. The zero-order valence-corrected chi connectivity index (χ0v) is 11.2. The maximum atomic E-state index is 12.5. The van der Waals surface area contributed by atoms with Crippen LogP contribution in [0.2, 0.25) is 0 Å². The number of imidazole rings is 1. The summed E-state index contributed by atoms with van der Waals surface area (Å²) in [7, 11) is 1.56. The van der Waals surface area contributed by atoms with Crippen LogP contribution < -0.4 is 10.5 Å². The van der Waals surface area contributed by atoms with Crippen molar-refractivity contribution in [2.45, 2.75) is 13.1 Å². The molecule has 3 rings (SSSR count). The number of anilines is 1. The molecule has 1 aromatic heterocycles. The number of carbonyl (C=O) groups excluding carboxylic acids is 1. The molecule has 20 heavy (non-hydrogen) atoms. The lowest BCUT2D eigenvalue weighted by Gasteiger charge is -2.27. The van der Waals surface area contributed by atoms with E-state index < -0.39 is 0 Å². The number of hydrogen-bond donors (Lipinski definition) is 1. The molecule has 0 bridgehead atoms. The standard InChI is InChI=1S/C14H16N4O2/c1-20-12-7-10(6-11(15)8-12)14(19)18-5-4-17-3-2-16-13(17)9-18/h2-3,6-8H,4-5,9,15H2,1H3. The summed E-state index contributed by atoms with van der Waals surface area (Å²) < 4.78 is 7.21. The topological polar surface area (TPSA) is 73.4 Å². The van der Waals surface area contributed by atoms with Crippen LogP contribution in [0.25, 0.3) is 0 Å². The lowest BCUT2D eigenvalue weighted by molar-refractivity contribution is 0.0707. The Hall–Kier alpha value is -2.50. The summed E-state index contributed by atoms with van der Waals surface area (Å²) in [6, 6.07) is 5.07. The Kier molecular flexibility index (Phi) is 3.06. The van der Waals surface area contributed by atoms with Crippen molar-refractivity contribution >= 4 is 11.6 Å². The van der Waals surface area contributed by atoms with Gasteiger partial charge in [0.25, 0.3) is 5.91 Å². The van der Waals surface area contributed by atoms with Crippen molar-refractivity contribution in [1.82, 2.24) is 14.5 Å². The predicted octanol–water partition coefficient (Wildman–Crippen LogP) is 1.13. The quantitative estimate of drug-likeness (QED) is 0.832. The fourth-order valence-corrected chi connectivity index (χ4v) is 2.39. The van der Waals surface area contributed by atoms with E-state index in [1.807, 2.05) is 6.20 Å². The van der Waals surface area contributed by atoms with Gasteiger partial charge in [0, 0.05) is 42.8 Å². The summed E-state index contributed by atoms with van der Waals surface area (Å²) in [6.07, 6.45) is 3.69. The molecule has 2 N–H and O–H groups in total. The molecule has 0 aliphatic carbocycles. The SMILES string of the molecule is COc1cc(N)cc(C(=O)N2CCn3ccnc3C2)c1. The van der Waals surface area contributed by atoms with Gasteiger partial charge in [0.2, 0.25) is 0 Å². The van der Waals surface area contributed by atoms with Crippen molar-refractivity contribution < 1.29 is 9.53 Å². The highest BCUT2D eigenvalue weighted by Gasteiger charge is 2.22. The minimum atomic E-state index is -0.0511. The number of nitrogens with zero attached hydrogens (tertiary/aromatic N) is 3. The Morgan fingerprint density at radius 1 is 1.35 bits per heavy atom. The molecule has 0 radical (unpaired) electrons. The van der Waals surface area contributed by atoms with E-state index in [0.29, 0.717) is 30.1 Å². The third kappa shape index (κ3) is 2.20. The Morgan fingerprint density at radius 2 is 2.20 bits per heavy atom. The Morgan fingerprint density at radius 3 is 3.00 bits per heavy atom. The molecule has 2 aromatic rings. The van der Waals surface area contributed by atoms with E-state index in [9.17, 15) is 4.79 Å². The zero-order chi connectivity index (χ0) is 14.1. The molecule has 2 heterocycles. The van der Waals surface area contributed by atoms with Crippen LogP contribution in [0.4, 0.5) is 5.69 Å². The third-order valence-corrected chi connectivity index (χ3v) is 3.44. The van der Waals surface area contributed by atoms with Gasteiger partial charge in [0.15, 0.2) is 0 Å². The molecule has 0 atom stereocenters. The number of ether oxygens (including phenoxy) is 1. The molecule has 0 spiro atoms. The zero-order valence-electron chi connectivity index (χ0n) is 11.2. The number of amides is 1. The minimum Gasteiger partial charge on any atom is -0.497 e. The summed E-state index contributed by atoms with van der Waals surface area (Å²) in [4.78, 5) is 18.6. The van der Waals surface area contributed by atoms with Crippen LogP contribution in [0.1, 0.15) is 16.2 Å². The lowest BCUT2D eigenvalue weighted by atomic mass is 10.1. The molecular weight excluding hydrogens is 256 g/mol. The van der Waals surface area contributed by atoms with E-state index in [-0.39, 0.29) is 5.91 Å². The molecule has 6 heteroatoms. The average molecular weight is 272 g/mol. The van der Waals surface area contributed by atoms with Crippen LogP contribution in [0.5, 0.6) is 5.75 Å². The van der Waals surface area contributed by atoms with Crippen molar-refractivity contribution in [1.29, 1.82) is 0 Å². The molecule has 1 amide bonds. The number of rotatable bonds is 2. The summed E-state index contributed by atoms with van der Waals surface area (Å²) in [6.45, 7) is 1.95. The Bertz CT molecular complexity index is 650. The van der Waals surface area contributed by atoms with Crippen LogP contribution in [-0.4, -0.2) is 34.0 Å².